The van der Waals surface area contributed by atoms with Crippen molar-refractivity contribution in [1.29, 1.82) is 0 Å². The van der Waals surface area contributed by atoms with Crippen LogP contribution in [0, 0.1) is 0 Å². The van der Waals surface area contributed by atoms with Crippen LogP contribution in [0.1, 0.15) is 128 Å². The number of benzene rings is 2. The minimum absolute atomic E-state index is 0. The van der Waals surface area contributed by atoms with Gasteiger partial charge in [0, 0.05) is 0 Å². The maximum absolute atomic E-state index is 11.6. The molecule has 0 aromatic heterocycles. The molecule has 0 aliphatic carbocycles. The summed E-state index contributed by atoms with van der Waals surface area (Å²) in [7, 11) is -4.44. The summed E-state index contributed by atoms with van der Waals surface area (Å²) >= 11 is 0. The third-order valence-corrected chi connectivity index (χ3v) is 7.81. The molecule has 0 N–H and O–H groups in total. The Bertz CT molecular complexity index is 940. The molecule has 0 atom stereocenters. The zero-order valence-electron chi connectivity index (χ0n) is 22.7. The smallest absolute Gasteiger partial charge is 0.744 e. The van der Waals surface area contributed by atoms with Crippen molar-refractivity contribution in [1.82, 2.24) is 0 Å². The van der Waals surface area contributed by atoms with Crippen LogP contribution in [0.15, 0.2) is 35.2 Å². The van der Waals surface area contributed by atoms with Crippen LogP contribution in [0.4, 0.5) is 0 Å². The van der Waals surface area contributed by atoms with Gasteiger partial charge in [0.15, 0.2) is 0 Å². The first-order valence-corrected chi connectivity index (χ1v) is 15.4. The molecule has 0 bridgehead atoms. The number of fused-ring (bicyclic) bond motifs is 1. The zero-order chi connectivity index (χ0) is 24.7. The Balaban J connectivity index is 0.00000612. The van der Waals surface area contributed by atoms with E-state index in [1.54, 1.807) is 6.07 Å². The van der Waals surface area contributed by atoms with Gasteiger partial charge < -0.3 is 4.55 Å². The molecule has 0 fully saturated rings. The van der Waals surface area contributed by atoms with Gasteiger partial charge in [-0.1, -0.05) is 122 Å². The molecule has 3 nitrogen and oxygen atoms in total. The number of rotatable bonds is 19. The van der Waals surface area contributed by atoms with E-state index in [9.17, 15) is 13.0 Å². The van der Waals surface area contributed by atoms with Crippen LogP contribution >= 0.6 is 0 Å². The Morgan fingerprint density at radius 3 is 1.63 bits per heavy atom. The monoisotopic (exact) mass is 526 g/mol. The summed E-state index contributed by atoms with van der Waals surface area (Å²) < 4.78 is 34.8. The molecule has 0 radical (unpaired) electrons. The van der Waals surface area contributed by atoms with Crippen LogP contribution in [-0.4, -0.2) is 13.0 Å². The predicted octanol–water partition coefficient (Wildman–Crippen LogP) is 6.11. The molecule has 0 saturated carbocycles. The quantitative estimate of drug-likeness (QED) is 0.126. The van der Waals surface area contributed by atoms with Crippen molar-refractivity contribution >= 4 is 20.9 Å². The summed E-state index contributed by atoms with van der Waals surface area (Å²) in [6.45, 7) is 4.50. The Hall–Kier alpha value is 0.246. The van der Waals surface area contributed by atoms with Crippen LogP contribution in [0.2, 0.25) is 0 Å². The second-order valence-electron chi connectivity index (χ2n) is 10.0. The van der Waals surface area contributed by atoms with Crippen molar-refractivity contribution in [3.05, 3.63) is 41.5 Å². The topological polar surface area (TPSA) is 57.2 Å². The van der Waals surface area contributed by atoms with Gasteiger partial charge in [-0.05, 0) is 59.7 Å². The number of unbranched alkanes of at least 4 members (excludes halogenated alkanes) is 14. The first-order valence-electron chi connectivity index (χ1n) is 14.0. The Labute approximate surface area is 258 Å². The maximum atomic E-state index is 11.6. The van der Waals surface area contributed by atoms with Gasteiger partial charge in [-0.25, -0.2) is 8.42 Å². The number of hydrogen-bond donors (Lipinski definition) is 0. The molecule has 5 heteroatoms. The molecular formula is C30H47KO3S. The van der Waals surface area contributed by atoms with E-state index in [0.717, 1.165) is 30.0 Å². The zero-order valence-corrected chi connectivity index (χ0v) is 26.7. The van der Waals surface area contributed by atoms with Gasteiger partial charge in [-0.15, -0.1) is 0 Å². The Morgan fingerprint density at radius 2 is 1.11 bits per heavy atom. The molecule has 0 amide bonds. The van der Waals surface area contributed by atoms with Gasteiger partial charge in [0.05, 0.1) is 4.90 Å². The predicted molar refractivity (Wildman–Crippen MR) is 145 cm³/mol. The van der Waals surface area contributed by atoms with E-state index in [1.807, 2.05) is 6.07 Å². The third-order valence-electron chi connectivity index (χ3n) is 6.98. The number of hydrogen-bond acceptors (Lipinski definition) is 3. The van der Waals surface area contributed by atoms with Crippen molar-refractivity contribution in [3.8, 4) is 0 Å². The van der Waals surface area contributed by atoms with Crippen LogP contribution in [0.25, 0.3) is 10.8 Å². The van der Waals surface area contributed by atoms with Gasteiger partial charge in [0.25, 0.3) is 0 Å². The molecule has 192 valence electrons. The van der Waals surface area contributed by atoms with E-state index in [-0.39, 0.29) is 56.3 Å². The Morgan fingerprint density at radius 1 is 0.629 bits per heavy atom. The normalized spacial score (nSPS) is 11.6. The second kappa shape index (κ2) is 19.3. The van der Waals surface area contributed by atoms with E-state index in [1.165, 1.54) is 114 Å². The fourth-order valence-corrected chi connectivity index (χ4v) is 5.40. The van der Waals surface area contributed by atoms with Gasteiger partial charge in [-0.3, -0.25) is 0 Å². The Kier molecular flexibility index (Phi) is 18.4. The first kappa shape index (κ1) is 33.3. The fraction of sp³-hybridized carbons (Fsp3) is 0.667. The van der Waals surface area contributed by atoms with Crippen LogP contribution in [0.5, 0.6) is 0 Å². The molecule has 35 heavy (non-hydrogen) atoms. The second-order valence-corrected chi connectivity index (χ2v) is 11.4. The molecule has 2 aromatic carbocycles. The number of aryl methyl sites for hydroxylation is 2. The minimum Gasteiger partial charge on any atom is -0.744 e. The molecule has 0 aliphatic heterocycles. The van der Waals surface area contributed by atoms with Crippen molar-refractivity contribution < 1.29 is 64.4 Å². The van der Waals surface area contributed by atoms with Crippen LogP contribution in [0.3, 0.4) is 0 Å². The summed E-state index contributed by atoms with van der Waals surface area (Å²) in [5, 5.41) is 1.98. The van der Waals surface area contributed by atoms with E-state index in [0.29, 0.717) is 0 Å². The van der Waals surface area contributed by atoms with E-state index < -0.39 is 10.1 Å². The van der Waals surface area contributed by atoms with Gasteiger partial charge in [0.2, 0.25) is 0 Å². The molecule has 2 aromatic rings. The first-order chi connectivity index (χ1) is 16.5. The minimum atomic E-state index is -4.44. The van der Waals surface area contributed by atoms with Gasteiger partial charge in [0.1, 0.15) is 10.1 Å². The largest absolute Gasteiger partial charge is 1.00 e. The van der Waals surface area contributed by atoms with Crippen LogP contribution < -0.4 is 51.4 Å². The standard InChI is InChI=1S/C30H48O3S.K/c1-3-5-7-9-11-13-15-17-19-26-23-27(20-18-16-14-12-10-8-6-4-2)30-25-29(34(31,32)33)22-21-28(30)24-26;/h21-25H,3-20H2,1-2H3,(H,31,32,33);/q;+1/p-1. The van der Waals surface area contributed by atoms with Gasteiger partial charge in [-0.2, -0.15) is 0 Å². The maximum Gasteiger partial charge on any atom is 1.00 e. The fourth-order valence-electron chi connectivity index (χ4n) is 4.90. The van der Waals surface area contributed by atoms with E-state index >= 15 is 0 Å². The van der Waals surface area contributed by atoms with Crippen molar-refractivity contribution in [3.63, 3.8) is 0 Å². The molecular weight excluding hydrogens is 479 g/mol. The molecule has 2 rings (SSSR count). The molecule has 0 saturated heterocycles. The average Bonchev–Trinajstić information content (AvgIpc) is 2.81. The van der Waals surface area contributed by atoms with Crippen molar-refractivity contribution in [2.45, 2.75) is 134 Å². The third kappa shape index (κ3) is 13.6. The summed E-state index contributed by atoms with van der Waals surface area (Å²) in [4.78, 5) is -0.118. The summed E-state index contributed by atoms with van der Waals surface area (Å²) in [6, 6.07) is 9.33. The molecule has 0 aliphatic rings. The SMILES string of the molecule is CCCCCCCCCCc1cc(CCCCCCCCCC)c2cc(S(=O)(=O)[O-])ccc2c1.[K+]. The van der Waals surface area contributed by atoms with Crippen LogP contribution in [-0.2, 0) is 23.0 Å². The van der Waals surface area contributed by atoms with Crippen molar-refractivity contribution in [2.24, 2.45) is 0 Å². The van der Waals surface area contributed by atoms with E-state index in [4.69, 9.17) is 0 Å². The molecule has 0 unspecified atom stereocenters. The van der Waals surface area contributed by atoms with Crippen molar-refractivity contribution in [2.75, 3.05) is 0 Å². The molecule has 0 spiro atoms. The summed E-state index contributed by atoms with van der Waals surface area (Å²) in [5.41, 5.74) is 2.54. The summed E-state index contributed by atoms with van der Waals surface area (Å²) in [5.74, 6) is 0. The van der Waals surface area contributed by atoms with E-state index in [2.05, 4.69) is 26.0 Å². The average molecular weight is 527 g/mol. The molecule has 0 heterocycles. The summed E-state index contributed by atoms with van der Waals surface area (Å²) in [6.07, 6.45) is 22.7. The van der Waals surface area contributed by atoms with Gasteiger partial charge >= 0.3 is 51.4 Å².